The molecular weight excluding hydrogens is 376 g/mol. The highest BCUT2D eigenvalue weighted by molar-refractivity contribution is 6.02. The molecule has 0 saturated heterocycles. The van der Waals surface area contributed by atoms with E-state index in [-0.39, 0.29) is 12.1 Å². The first-order valence-electron chi connectivity index (χ1n) is 10.7. The fraction of sp³-hybridized carbons (Fsp3) is 0.417. The van der Waals surface area contributed by atoms with Crippen molar-refractivity contribution in [2.24, 2.45) is 5.92 Å². The summed E-state index contributed by atoms with van der Waals surface area (Å²) in [5.41, 5.74) is 3.02. The van der Waals surface area contributed by atoms with Crippen LogP contribution in [0.25, 0.3) is 0 Å². The van der Waals surface area contributed by atoms with Gasteiger partial charge in [0.05, 0.1) is 0 Å². The molecule has 0 heterocycles. The Labute approximate surface area is 180 Å². The van der Waals surface area contributed by atoms with Crippen LogP contribution in [0.3, 0.4) is 0 Å². The molecule has 4 amide bonds. The molecule has 2 rings (SSSR count). The zero-order chi connectivity index (χ0) is 21.9. The Balaban J connectivity index is 1.95. The molecule has 0 aliphatic rings. The Bertz CT molecular complexity index is 823. The number of hydrogen-bond donors (Lipinski definition) is 3. The fourth-order valence-corrected chi connectivity index (χ4v) is 3.16. The predicted octanol–water partition coefficient (Wildman–Crippen LogP) is 6.00. The molecule has 0 bridgehead atoms. The van der Waals surface area contributed by atoms with Gasteiger partial charge >= 0.3 is 12.1 Å². The number of para-hydroxylation sites is 1. The number of urea groups is 2. The van der Waals surface area contributed by atoms with Crippen LogP contribution in [0.2, 0.25) is 0 Å². The molecular formula is C24H34N4O2. The molecule has 2 aromatic carbocycles. The van der Waals surface area contributed by atoms with E-state index in [1.54, 1.807) is 18.0 Å². The molecule has 0 aromatic heterocycles. The fourth-order valence-electron chi connectivity index (χ4n) is 3.16. The summed E-state index contributed by atoms with van der Waals surface area (Å²) in [5, 5.41) is 8.74. The number of hydrogen-bond acceptors (Lipinski definition) is 2. The molecule has 6 nitrogen and oxygen atoms in total. The van der Waals surface area contributed by atoms with Crippen molar-refractivity contribution in [2.45, 2.75) is 46.5 Å². The van der Waals surface area contributed by atoms with Gasteiger partial charge in [0, 0.05) is 30.7 Å². The number of nitrogens with zero attached hydrogens (tertiary/aromatic N) is 1. The van der Waals surface area contributed by atoms with Gasteiger partial charge in [-0.05, 0) is 49.1 Å². The van der Waals surface area contributed by atoms with Gasteiger partial charge in [0.2, 0.25) is 0 Å². The molecule has 0 saturated carbocycles. The maximum Gasteiger partial charge on any atom is 0.326 e. The lowest BCUT2D eigenvalue weighted by Gasteiger charge is -2.19. The van der Waals surface area contributed by atoms with Crippen molar-refractivity contribution < 1.29 is 9.59 Å². The number of aryl methyl sites for hydroxylation is 1. The monoisotopic (exact) mass is 410 g/mol. The van der Waals surface area contributed by atoms with Crippen LogP contribution in [0.1, 0.15) is 45.1 Å². The van der Waals surface area contributed by atoms with Crippen LogP contribution < -0.4 is 20.9 Å². The smallest absolute Gasteiger partial charge is 0.326 e. The second kappa shape index (κ2) is 11.9. The number of nitrogens with one attached hydrogen (secondary N) is 3. The third-order valence-corrected chi connectivity index (χ3v) is 5.28. The Kier molecular flexibility index (Phi) is 9.19. The van der Waals surface area contributed by atoms with E-state index in [9.17, 15) is 9.59 Å². The topological polar surface area (TPSA) is 73.5 Å². The summed E-state index contributed by atoms with van der Waals surface area (Å²) in [4.78, 5) is 26.5. The van der Waals surface area contributed by atoms with Crippen LogP contribution in [0.4, 0.5) is 26.7 Å². The maximum atomic E-state index is 12.6. The molecule has 0 aliphatic carbocycles. The maximum absolute atomic E-state index is 12.6. The molecule has 1 unspecified atom stereocenters. The Morgan fingerprint density at radius 3 is 2.43 bits per heavy atom. The van der Waals surface area contributed by atoms with Crippen LogP contribution in [0.5, 0.6) is 0 Å². The number of anilines is 3. The highest BCUT2D eigenvalue weighted by Gasteiger charge is 2.13. The summed E-state index contributed by atoms with van der Waals surface area (Å²) in [6.45, 7) is 6.92. The van der Waals surface area contributed by atoms with Gasteiger partial charge in [0.1, 0.15) is 0 Å². The second-order valence-corrected chi connectivity index (χ2v) is 7.61. The van der Waals surface area contributed by atoms with Crippen LogP contribution in [-0.2, 0) is 0 Å². The molecule has 1 atom stereocenters. The minimum absolute atomic E-state index is 0.229. The number of amides is 4. The molecule has 0 aliphatic heterocycles. The quantitative estimate of drug-likeness (QED) is 0.474. The SMILES string of the molecule is CCCCC(CC)CNC(=O)Nc1ccc(C)c(NC(=O)N(C)c2ccccc2)c1. The first-order valence-corrected chi connectivity index (χ1v) is 10.7. The molecule has 162 valence electrons. The number of benzene rings is 2. The molecule has 0 radical (unpaired) electrons. The first-order chi connectivity index (χ1) is 14.4. The average Bonchev–Trinajstić information content (AvgIpc) is 2.76. The van der Waals surface area contributed by atoms with E-state index >= 15 is 0 Å². The largest absolute Gasteiger partial charge is 0.338 e. The van der Waals surface area contributed by atoms with Crippen molar-refractivity contribution in [3.05, 3.63) is 54.1 Å². The van der Waals surface area contributed by atoms with Crippen LogP contribution in [-0.4, -0.2) is 25.7 Å². The van der Waals surface area contributed by atoms with E-state index in [4.69, 9.17) is 0 Å². The highest BCUT2D eigenvalue weighted by Crippen LogP contribution is 2.22. The van der Waals surface area contributed by atoms with Gasteiger partial charge in [0.25, 0.3) is 0 Å². The third-order valence-electron chi connectivity index (χ3n) is 5.28. The summed E-state index contributed by atoms with van der Waals surface area (Å²) >= 11 is 0. The second-order valence-electron chi connectivity index (χ2n) is 7.61. The van der Waals surface area contributed by atoms with Gasteiger partial charge in [-0.1, -0.05) is 57.4 Å². The van der Waals surface area contributed by atoms with E-state index in [1.807, 2.05) is 49.4 Å². The number of carbonyl (C=O) groups is 2. The predicted molar refractivity (Wildman–Crippen MR) is 125 cm³/mol. The Hall–Kier alpha value is -3.02. The van der Waals surface area contributed by atoms with Crippen molar-refractivity contribution >= 4 is 29.1 Å². The van der Waals surface area contributed by atoms with Gasteiger partial charge in [-0.15, -0.1) is 0 Å². The molecule has 0 fully saturated rings. The van der Waals surface area contributed by atoms with E-state index in [2.05, 4.69) is 29.8 Å². The van der Waals surface area contributed by atoms with Crippen molar-refractivity contribution in [3.8, 4) is 0 Å². The van der Waals surface area contributed by atoms with Crippen molar-refractivity contribution in [2.75, 3.05) is 29.1 Å². The first kappa shape index (κ1) is 23.3. The summed E-state index contributed by atoms with van der Waals surface area (Å²) in [6, 6.07) is 14.4. The lowest BCUT2D eigenvalue weighted by Crippen LogP contribution is -2.33. The molecule has 3 N–H and O–H groups in total. The average molecular weight is 411 g/mol. The molecule has 2 aromatic rings. The van der Waals surface area contributed by atoms with E-state index in [1.165, 1.54) is 12.8 Å². The Morgan fingerprint density at radius 1 is 1.03 bits per heavy atom. The number of rotatable bonds is 9. The van der Waals surface area contributed by atoms with E-state index < -0.39 is 0 Å². The van der Waals surface area contributed by atoms with E-state index in [0.717, 1.165) is 24.1 Å². The van der Waals surface area contributed by atoms with Gasteiger partial charge < -0.3 is 16.0 Å². The molecule has 30 heavy (non-hydrogen) atoms. The van der Waals surface area contributed by atoms with Crippen molar-refractivity contribution in [3.63, 3.8) is 0 Å². The van der Waals surface area contributed by atoms with E-state index in [0.29, 0.717) is 23.8 Å². The molecule has 0 spiro atoms. The van der Waals surface area contributed by atoms with Gasteiger partial charge in [-0.2, -0.15) is 0 Å². The van der Waals surface area contributed by atoms with Crippen LogP contribution in [0.15, 0.2) is 48.5 Å². The van der Waals surface area contributed by atoms with Crippen LogP contribution in [0, 0.1) is 12.8 Å². The van der Waals surface area contributed by atoms with Crippen molar-refractivity contribution in [1.82, 2.24) is 5.32 Å². The Morgan fingerprint density at radius 2 is 1.77 bits per heavy atom. The summed E-state index contributed by atoms with van der Waals surface area (Å²) in [5.74, 6) is 0.497. The lowest BCUT2D eigenvalue weighted by atomic mass is 9.99. The lowest BCUT2D eigenvalue weighted by molar-refractivity contribution is 0.249. The highest BCUT2D eigenvalue weighted by atomic mass is 16.2. The van der Waals surface area contributed by atoms with Gasteiger partial charge in [0.15, 0.2) is 0 Å². The number of carbonyl (C=O) groups excluding carboxylic acids is 2. The third kappa shape index (κ3) is 7.10. The zero-order valence-corrected chi connectivity index (χ0v) is 18.5. The summed E-state index contributed by atoms with van der Waals surface area (Å²) in [7, 11) is 1.72. The summed E-state index contributed by atoms with van der Waals surface area (Å²) in [6.07, 6.45) is 4.53. The van der Waals surface area contributed by atoms with Gasteiger partial charge in [-0.3, -0.25) is 4.90 Å². The minimum atomic E-state index is -0.243. The van der Waals surface area contributed by atoms with Crippen LogP contribution >= 0.6 is 0 Å². The zero-order valence-electron chi connectivity index (χ0n) is 18.5. The molecule has 6 heteroatoms. The van der Waals surface area contributed by atoms with Crippen molar-refractivity contribution in [1.29, 1.82) is 0 Å². The standard InChI is InChI=1S/C24H34N4O2/c1-5-7-11-19(6-2)17-25-23(29)26-20-15-14-18(3)22(16-20)27-24(30)28(4)21-12-9-8-10-13-21/h8-10,12-16,19H,5-7,11,17H2,1-4H3,(H,27,30)(H2,25,26,29). The number of unbranched alkanes of at least 4 members (excludes halogenated alkanes) is 1. The minimum Gasteiger partial charge on any atom is -0.338 e. The summed E-state index contributed by atoms with van der Waals surface area (Å²) < 4.78 is 0. The van der Waals surface area contributed by atoms with Gasteiger partial charge in [-0.25, -0.2) is 9.59 Å². The normalized spacial score (nSPS) is 11.5.